The molecule has 1 aliphatic rings. The maximum atomic E-state index is 12.9. The molecule has 0 unspecified atom stereocenters. The Morgan fingerprint density at radius 3 is 2.94 bits per heavy atom. The zero-order valence-electron chi connectivity index (χ0n) is 19.0. The number of hydrogen-bond donors (Lipinski definition) is 2. The van der Waals surface area contributed by atoms with E-state index >= 15 is 0 Å². The molecule has 4 rings (SSSR count). The van der Waals surface area contributed by atoms with E-state index < -0.39 is 5.91 Å². The summed E-state index contributed by atoms with van der Waals surface area (Å²) < 4.78 is 11.6. The van der Waals surface area contributed by atoms with Gasteiger partial charge in [0.15, 0.2) is 5.13 Å². The van der Waals surface area contributed by atoms with Crippen molar-refractivity contribution in [2.75, 3.05) is 31.7 Å². The zero-order valence-corrected chi connectivity index (χ0v) is 20.5. The van der Waals surface area contributed by atoms with E-state index in [4.69, 9.17) is 26.1 Å². The molecule has 0 bridgehead atoms. The van der Waals surface area contributed by atoms with E-state index in [-0.39, 0.29) is 34.4 Å². The maximum Gasteiger partial charge on any atom is 0.339 e. The van der Waals surface area contributed by atoms with Gasteiger partial charge in [-0.05, 0) is 32.4 Å². The van der Waals surface area contributed by atoms with Gasteiger partial charge in [-0.15, -0.1) is 0 Å². The number of methoxy groups -OCH3 is 1. The van der Waals surface area contributed by atoms with Crippen molar-refractivity contribution in [3.63, 3.8) is 0 Å². The molecular weight excluding hydrogens is 478 g/mol. The molecule has 9 nitrogen and oxygen atoms in total. The summed E-state index contributed by atoms with van der Waals surface area (Å²) in [5, 5.41) is 13.4. The van der Waals surface area contributed by atoms with Crippen LogP contribution in [-0.4, -0.2) is 60.8 Å². The molecule has 0 aliphatic carbocycles. The summed E-state index contributed by atoms with van der Waals surface area (Å²) in [6.07, 6.45) is 0.312. The second kappa shape index (κ2) is 10.0. The Hall–Kier alpha value is -3.13. The number of H-pyrrole nitrogens is 1. The van der Waals surface area contributed by atoms with Gasteiger partial charge in [0.05, 0.1) is 39.6 Å². The zero-order chi connectivity index (χ0) is 24.4. The molecule has 1 amide bonds. The van der Waals surface area contributed by atoms with Crippen molar-refractivity contribution in [2.45, 2.75) is 32.4 Å². The van der Waals surface area contributed by atoms with Crippen LogP contribution >= 0.6 is 22.9 Å². The van der Waals surface area contributed by atoms with Gasteiger partial charge in [0, 0.05) is 25.9 Å². The summed E-state index contributed by atoms with van der Waals surface area (Å²) in [6, 6.07) is 7.13. The number of rotatable bonds is 6. The first kappa shape index (κ1) is 24.0. The van der Waals surface area contributed by atoms with Gasteiger partial charge in [-0.1, -0.05) is 29.0 Å². The monoisotopic (exact) mass is 501 g/mol. The van der Waals surface area contributed by atoms with E-state index in [9.17, 15) is 14.9 Å². The first-order chi connectivity index (χ1) is 16.4. The van der Waals surface area contributed by atoms with E-state index in [0.717, 1.165) is 15.3 Å². The van der Waals surface area contributed by atoms with Gasteiger partial charge >= 0.3 is 5.97 Å². The number of hydrogen-bond acceptors (Lipinski definition) is 8. The summed E-state index contributed by atoms with van der Waals surface area (Å²) in [4.78, 5) is 34.9. The third-order valence-corrected chi connectivity index (χ3v) is 7.44. The number of benzene rings is 1. The van der Waals surface area contributed by atoms with E-state index in [1.165, 1.54) is 11.3 Å². The van der Waals surface area contributed by atoms with Gasteiger partial charge in [0.2, 0.25) is 0 Å². The number of thiazole rings is 1. The van der Waals surface area contributed by atoms with Crippen LogP contribution in [0.3, 0.4) is 0 Å². The minimum absolute atomic E-state index is 0.134. The number of nitriles is 1. The van der Waals surface area contributed by atoms with Crippen LogP contribution in [0, 0.1) is 18.3 Å². The van der Waals surface area contributed by atoms with Crippen molar-refractivity contribution < 1.29 is 19.1 Å². The fourth-order valence-electron chi connectivity index (χ4n) is 4.05. The minimum atomic E-state index is -0.397. The lowest BCUT2D eigenvalue weighted by Gasteiger charge is -2.37. The van der Waals surface area contributed by atoms with Gasteiger partial charge in [0.1, 0.15) is 17.3 Å². The molecule has 1 aliphatic heterocycles. The average Bonchev–Trinajstić information content (AvgIpc) is 3.40. The maximum absolute atomic E-state index is 12.9. The Bertz CT molecular complexity index is 1280. The molecule has 1 aromatic carbocycles. The number of halogens is 1. The quantitative estimate of drug-likeness (QED) is 0.494. The number of ether oxygens (including phenoxy) is 2. The average molecular weight is 502 g/mol. The van der Waals surface area contributed by atoms with Gasteiger partial charge in [-0.25, -0.2) is 9.78 Å². The van der Waals surface area contributed by atoms with Crippen LogP contribution in [-0.2, 0) is 9.47 Å². The fraction of sp³-hybridized carbons (Fsp3) is 0.391. The number of carbonyl (C=O) groups is 2. The Morgan fingerprint density at radius 1 is 1.44 bits per heavy atom. The molecule has 34 heavy (non-hydrogen) atoms. The summed E-state index contributed by atoms with van der Waals surface area (Å²) in [5.41, 5.74) is 2.09. The first-order valence-corrected chi connectivity index (χ1v) is 12.0. The van der Waals surface area contributed by atoms with E-state index in [1.807, 2.05) is 12.1 Å². The lowest BCUT2D eigenvalue weighted by molar-refractivity contribution is 0.0528. The predicted molar refractivity (Wildman–Crippen MR) is 130 cm³/mol. The van der Waals surface area contributed by atoms with Gasteiger partial charge in [0.25, 0.3) is 5.91 Å². The van der Waals surface area contributed by atoms with Crippen molar-refractivity contribution in [1.29, 1.82) is 5.26 Å². The van der Waals surface area contributed by atoms with Gasteiger partial charge < -0.3 is 24.7 Å². The van der Waals surface area contributed by atoms with Crippen LogP contribution in [0.15, 0.2) is 18.2 Å². The third kappa shape index (κ3) is 4.46. The van der Waals surface area contributed by atoms with Crippen LogP contribution in [0.1, 0.15) is 45.4 Å². The molecule has 11 heteroatoms. The lowest BCUT2D eigenvalue weighted by Crippen LogP contribution is -2.55. The number of anilines is 1. The van der Waals surface area contributed by atoms with Gasteiger partial charge in [-0.2, -0.15) is 5.26 Å². The number of aryl methyl sites for hydroxylation is 1. The molecule has 2 aromatic heterocycles. The number of nitrogens with zero attached hydrogens (tertiary/aromatic N) is 3. The largest absolute Gasteiger partial charge is 0.462 e. The Balaban J connectivity index is 1.51. The van der Waals surface area contributed by atoms with Crippen molar-refractivity contribution in [2.24, 2.45) is 0 Å². The normalized spacial score (nSPS) is 18.0. The first-order valence-electron chi connectivity index (χ1n) is 10.8. The van der Waals surface area contributed by atoms with Crippen molar-refractivity contribution in [3.05, 3.63) is 45.7 Å². The van der Waals surface area contributed by atoms with Crippen LogP contribution in [0.2, 0.25) is 5.02 Å². The number of carbonyl (C=O) groups excluding carboxylic acids is 2. The van der Waals surface area contributed by atoms with E-state index in [0.29, 0.717) is 37.4 Å². The number of aromatic nitrogens is 2. The molecule has 2 N–H and O–H groups in total. The van der Waals surface area contributed by atoms with Gasteiger partial charge in [-0.3, -0.25) is 4.79 Å². The molecule has 2 atom stereocenters. The predicted octanol–water partition coefficient (Wildman–Crippen LogP) is 3.66. The Labute approximate surface area is 205 Å². The molecule has 3 aromatic rings. The molecule has 1 fully saturated rings. The topological polar surface area (TPSA) is 120 Å². The number of amides is 1. The molecular formula is C23H24ClN5O4S. The fourth-order valence-corrected chi connectivity index (χ4v) is 5.34. The van der Waals surface area contributed by atoms with Crippen molar-refractivity contribution >= 4 is 50.2 Å². The summed E-state index contributed by atoms with van der Waals surface area (Å²) in [7, 11) is 1.60. The second-order valence-electron chi connectivity index (χ2n) is 7.89. The number of fused-ring (bicyclic) bond motifs is 1. The molecule has 0 radical (unpaired) electrons. The lowest BCUT2D eigenvalue weighted by atomic mass is 10.0. The van der Waals surface area contributed by atoms with Crippen LogP contribution < -0.4 is 10.2 Å². The van der Waals surface area contributed by atoms with E-state index in [1.54, 1.807) is 33.1 Å². The molecule has 1 saturated heterocycles. The summed E-state index contributed by atoms with van der Waals surface area (Å²) in [5.74, 6) is -0.762. The smallest absolute Gasteiger partial charge is 0.339 e. The van der Waals surface area contributed by atoms with Crippen LogP contribution in [0.4, 0.5) is 5.13 Å². The standard InChI is InChI=1S/C23H24ClN5O4S/c1-4-33-22(31)13-6-5-7-16-20(13)34-23(28-16)29-9-8-15(17(11-29)32-3)27-21(30)19-14(10-25)18(24)12(2)26-19/h5-7,15,17,26H,4,8-9,11H2,1-3H3,(H,27,30)/t15-,17+/m1/s1. The molecule has 0 spiro atoms. The minimum Gasteiger partial charge on any atom is -0.462 e. The number of esters is 1. The molecule has 178 valence electrons. The SMILES string of the molecule is CCOC(=O)c1cccc2nc(N3CC[C@@H](NC(=O)c4[nH]c(C)c(Cl)c4C#N)[C@@H](OC)C3)sc12. The Kier molecular flexibility index (Phi) is 7.07. The number of piperidine rings is 1. The Morgan fingerprint density at radius 2 is 2.24 bits per heavy atom. The van der Waals surface area contributed by atoms with Crippen molar-refractivity contribution in [3.8, 4) is 6.07 Å². The summed E-state index contributed by atoms with van der Waals surface area (Å²) >= 11 is 7.56. The third-order valence-electron chi connectivity index (χ3n) is 5.80. The summed E-state index contributed by atoms with van der Waals surface area (Å²) in [6.45, 7) is 4.93. The highest BCUT2D eigenvalue weighted by atomic mass is 35.5. The highest BCUT2D eigenvalue weighted by Gasteiger charge is 2.33. The number of nitrogens with one attached hydrogen (secondary N) is 2. The molecule has 0 saturated carbocycles. The highest BCUT2D eigenvalue weighted by Crippen LogP contribution is 2.33. The molecule has 3 heterocycles. The van der Waals surface area contributed by atoms with Crippen LogP contribution in [0.25, 0.3) is 10.2 Å². The van der Waals surface area contributed by atoms with E-state index in [2.05, 4.69) is 15.2 Å². The van der Waals surface area contributed by atoms with Crippen molar-refractivity contribution in [1.82, 2.24) is 15.3 Å². The van der Waals surface area contributed by atoms with Crippen LogP contribution in [0.5, 0.6) is 0 Å². The number of aromatic amines is 1. The highest BCUT2D eigenvalue weighted by molar-refractivity contribution is 7.22. The second-order valence-corrected chi connectivity index (χ2v) is 9.24.